The van der Waals surface area contributed by atoms with Gasteiger partial charge in [0.15, 0.2) is 0 Å². The molecule has 1 aliphatic carbocycles. The van der Waals surface area contributed by atoms with Crippen molar-refractivity contribution >= 4 is 0 Å². The highest BCUT2D eigenvalue weighted by Gasteiger charge is 2.42. The molecule has 1 N–H and O–H groups in total. The molecule has 1 aromatic rings. The van der Waals surface area contributed by atoms with E-state index in [4.69, 9.17) is 4.74 Å². The molecule has 2 heteroatoms. The number of ether oxygens (including phenoxy) is 1. The van der Waals surface area contributed by atoms with Gasteiger partial charge in [-0.05, 0) is 68.7 Å². The summed E-state index contributed by atoms with van der Waals surface area (Å²) < 4.78 is 6.32. The molecule has 3 rings (SSSR count). The largest absolute Gasteiger partial charge is 0.507 e. The van der Waals surface area contributed by atoms with Crippen molar-refractivity contribution < 1.29 is 9.84 Å². The summed E-state index contributed by atoms with van der Waals surface area (Å²) in [5, 5.41) is 10.7. The molecular formula is C21H30O2. The Kier molecular flexibility index (Phi) is 4.44. The van der Waals surface area contributed by atoms with E-state index < -0.39 is 0 Å². The summed E-state index contributed by atoms with van der Waals surface area (Å²) in [5.74, 6) is 2.29. The first-order valence-electron chi connectivity index (χ1n) is 9.17. The van der Waals surface area contributed by atoms with Gasteiger partial charge in [-0.1, -0.05) is 32.8 Å². The van der Waals surface area contributed by atoms with Gasteiger partial charge in [0.25, 0.3) is 0 Å². The molecule has 1 aromatic carbocycles. The summed E-state index contributed by atoms with van der Waals surface area (Å²) in [5.41, 5.74) is 3.28. The average Bonchev–Trinajstić information content (AvgIpc) is 2.46. The van der Waals surface area contributed by atoms with Crippen LogP contribution in [0.25, 0.3) is 0 Å². The molecule has 0 spiro atoms. The Balaban J connectivity index is 1.98. The van der Waals surface area contributed by atoms with E-state index in [9.17, 15) is 5.11 Å². The molecule has 2 aliphatic rings. The first-order chi connectivity index (χ1) is 10.9. The molecule has 0 fully saturated rings. The van der Waals surface area contributed by atoms with E-state index in [0.29, 0.717) is 17.6 Å². The van der Waals surface area contributed by atoms with Crippen molar-refractivity contribution in [1.29, 1.82) is 0 Å². The van der Waals surface area contributed by atoms with Crippen LogP contribution >= 0.6 is 0 Å². The maximum atomic E-state index is 10.7. The quantitative estimate of drug-likeness (QED) is 0.567. The second-order valence-electron chi connectivity index (χ2n) is 7.88. The van der Waals surface area contributed by atoms with Gasteiger partial charge in [0.1, 0.15) is 17.1 Å². The first-order valence-corrected chi connectivity index (χ1v) is 9.17. The molecule has 0 bridgehead atoms. The summed E-state index contributed by atoms with van der Waals surface area (Å²) in [6.45, 7) is 8.83. The van der Waals surface area contributed by atoms with Gasteiger partial charge in [0, 0.05) is 11.5 Å². The van der Waals surface area contributed by atoms with Crippen molar-refractivity contribution in [3.63, 3.8) is 0 Å². The van der Waals surface area contributed by atoms with Crippen LogP contribution in [0.4, 0.5) is 0 Å². The van der Waals surface area contributed by atoms with Crippen LogP contribution in [0.5, 0.6) is 11.5 Å². The molecule has 2 atom stereocenters. The summed E-state index contributed by atoms with van der Waals surface area (Å²) in [7, 11) is 0. The third kappa shape index (κ3) is 3.13. The molecule has 1 heterocycles. The fourth-order valence-corrected chi connectivity index (χ4v) is 4.19. The van der Waals surface area contributed by atoms with E-state index in [1.807, 2.05) is 6.07 Å². The van der Waals surface area contributed by atoms with Gasteiger partial charge in [-0.25, -0.2) is 0 Å². The summed E-state index contributed by atoms with van der Waals surface area (Å²) in [6.07, 6.45) is 9.20. The Morgan fingerprint density at radius 3 is 2.78 bits per heavy atom. The van der Waals surface area contributed by atoms with Crippen molar-refractivity contribution in [3.05, 3.63) is 34.9 Å². The second-order valence-corrected chi connectivity index (χ2v) is 7.88. The second kappa shape index (κ2) is 6.22. The molecule has 1 aliphatic heterocycles. The molecule has 0 radical (unpaired) electrons. The fraction of sp³-hybridized carbons (Fsp3) is 0.619. The minimum absolute atomic E-state index is 0.272. The van der Waals surface area contributed by atoms with E-state index in [2.05, 4.69) is 39.8 Å². The van der Waals surface area contributed by atoms with Gasteiger partial charge in [0.2, 0.25) is 0 Å². The van der Waals surface area contributed by atoms with E-state index in [-0.39, 0.29) is 5.60 Å². The molecule has 2 nitrogen and oxygen atoms in total. The molecule has 0 saturated carbocycles. The lowest BCUT2D eigenvalue weighted by atomic mass is 9.70. The molecule has 0 saturated heterocycles. The van der Waals surface area contributed by atoms with Crippen LogP contribution in [0.2, 0.25) is 0 Å². The minimum atomic E-state index is -0.272. The number of hydrogen-bond acceptors (Lipinski definition) is 2. The monoisotopic (exact) mass is 314 g/mol. The lowest BCUT2D eigenvalue weighted by molar-refractivity contribution is 0.117. The lowest BCUT2D eigenvalue weighted by Crippen LogP contribution is -2.39. The van der Waals surface area contributed by atoms with Crippen LogP contribution in [0, 0.1) is 5.92 Å². The number of aryl methyl sites for hydroxylation is 1. The van der Waals surface area contributed by atoms with Gasteiger partial charge < -0.3 is 9.84 Å². The van der Waals surface area contributed by atoms with Crippen LogP contribution in [0.3, 0.4) is 0 Å². The van der Waals surface area contributed by atoms with Gasteiger partial charge in [-0.3, -0.25) is 0 Å². The number of benzene rings is 1. The number of phenols is 1. The zero-order chi connectivity index (χ0) is 16.6. The highest BCUT2D eigenvalue weighted by molar-refractivity contribution is 5.56. The number of allylic oxidation sites excluding steroid dienone is 1. The average molecular weight is 314 g/mol. The molecular weight excluding hydrogens is 284 g/mol. The predicted molar refractivity (Wildman–Crippen MR) is 95.3 cm³/mol. The van der Waals surface area contributed by atoms with Gasteiger partial charge >= 0.3 is 0 Å². The minimum Gasteiger partial charge on any atom is -0.507 e. The van der Waals surface area contributed by atoms with Crippen LogP contribution in [0.15, 0.2) is 23.8 Å². The van der Waals surface area contributed by atoms with Gasteiger partial charge in [-0.2, -0.15) is 0 Å². The first kappa shape index (κ1) is 16.4. The van der Waals surface area contributed by atoms with Crippen molar-refractivity contribution in [2.75, 3.05) is 0 Å². The third-order valence-electron chi connectivity index (χ3n) is 5.41. The van der Waals surface area contributed by atoms with Crippen LogP contribution < -0.4 is 4.74 Å². The topological polar surface area (TPSA) is 29.5 Å². The van der Waals surface area contributed by atoms with Crippen LogP contribution in [0.1, 0.15) is 76.8 Å². The standard InChI is InChI=1S/C21H30O2/c1-5-6-7-8-15-12-18(22)20-16-11-14(2)9-10-17(16)21(3,4)23-19(20)13-15/h10,12-14,16,22H,5-9,11H2,1-4H3. The summed E-state index contributed by atoms with van der Waals surface area (Å²) in [6, 6.07) is 4.13. The van der Waals surface area contributed by atoms with Crippen molar-refractivity contribution in [2.45, 2.75) is 77.7 Å². The summed E-state index contributed by atoms with van der Waals surface area (Å²) in [4.78, 5) is 0. The highest BCUT2D eigenvalue weighted by Crippen LogP contribution is 2.53. The number of hydrogen-bond donors (Lipinski definition) is 1. The number of phenolic OH excluding ortho intramolecular Hbond substituents is 1. The molecule has 23 heavy (non-hydrogen) atoms. The third-order valence-corrected chi connectivity index (χ3v) is 5.41. The van der Waals surface area contributed by atoms with Crippen molar-refractivity contribution in [3.8, 4) is 11.5 Å². The molecule has 2 unspecified atom stereocenters. The van der Waals surface area contributed by atoms with Crippen molar-refractivity contribution in [2.24, 2.45) is 5.92 Å². The predicted octanol–water partition coefficient (Wildman–Crippen LogP) is 5.74. The Labute approximate surface area is 140 Å². The zero-order valence-corrected chi connectivity index (χ0v) is 15.0. The Morgan fingerprint density at radius 2 is 2.04 bits per heavy atom. The van der Waals surface area contributed by atoms with Crippen LogP contribution in [-0.4, -0.2) is 10.7 Å². The maximum Gasteiger partial charge on any atom is 0.128 e. The van der Waals surface area contributed by atoms with E-state index >= 15 is 0 Å². The van der Waals surface area contributed by atoms with E-state index in [0.717, 1.165) is 30.6 Å². The molecule has 0 amide bonds. The number of aromatic hydroxyl groups is 1. The van der Waals surface area contributed by atoms with E-state index in [1.165, 1.54) is 30.4 Å². The van der Waals surface area contributed by atoms with Crippen molar-refractivity contribution in [1.82, 2.24) is 0 Å². The van der Waals surface area contributed by atoms with Gasteiger partial charge in [0.05, 0.1) is 0 Å². The van der Waals surface area contributed by atoms with Crippen LogP contribution in [-0.2, 0) is 6.42 Å². The van der Waals surface area contributed by atoms with E-state index in [1.54, 1.807) is 0 Å². The zero-order valence-electron chi connectivity index (χ0n) is 15.0. The molecule has 0 aromatic heterocycles. The Hall–Kier alpha value is -1.44. The normalized spacial score (nSPS) is 25.1. The fourth-order valence-electron chi connectivity index (χ4n) is 4.19. The smallest absolute Gasteiger partial charge is 0.128 e. The number of unbranched alkanes of at least 4 members (excludes halogenated alkanes) is 2. The summed E-state index contributed by atoms with van der Waals surface area (Å²) >= 11 is 0. The SMILES string of the molecule is CCCCCc1cc(O)c2c(c1)OC(C)(C)C1=CCC(C)CC12. The Bertz CT molecular complexity index is 613. The number of rotatable bonds is 4. The lowest BCUT2D eigenvalue weighted by Gasteiger charge is -2.43. The Morgan fingerprint density at radius 1 is 1.26 bits per heavy atom. The maximum absolute atomic E-state index is 10.7. The van der Waals surface area contributed by atoms with Gasteiger partial charge in [-0.15, -0.1) is 0 Å². The molecule has 126 valence electrons. The highest BCUT2D eigenvalue weighted by atomic mass is 16.5. The number of fused-ring (bicyclic) bond motifs is 3.